The number of rotatable bonds is 4. The van der Waals surface area contributed by atoms with Gasteiger partial charge >= 0.3 is 0 Å². The first-order valence-corrected chi connectivity index (χ1v) is 8.57. The van der Waals surface area contributed by atoms with Crippen LogP contribution in [0.2, 0.25) is 0 Å². The number of thiophene rings is 1. The second-order valence-corrected chi connectivity index (χ2v) is 8.08. The highest BCUT2D eigenvalue weighted by Crippen LogP contribution is 2.30. The molecule has 0 N–H and O–H groups in total. The summed E-state index contributed by atoms with van der Waals surface area (Å²) in [6.07, 6.45) is 0. The summed E-state index contributed by atoms with van der Waals surface area (Å²) >= 11 is 4.26. The van der Waals surface area contributed by atoms with Crippen molar-refractivity contribution in [3.63, 3.8) is 0 Å². The zero-order valence-electron chi connectivity index (χ0n) is 10.3. The van der Waals surface area contributed by atoms with E-state index in [1.807, 2.05) is 0 Å². The van der Waals surface area contributed by atoms with Crippen LogP contribution in [0.3, 0.4) is 0 Å². The maximum atomic E-state index is 13.1. The molecule has 1 aromatic carbocycles. The first kappa shape index (κ1) is 15.6. The molecule has 0 aliphatic rings. The SMILES string of the molecule is CN(Cc1ccc(F)c(F)c1)S(=O)(=O)c1sccc1Br. The molecular weight excluding hydrogens is 372 g/mol. The van der Waals surface area contributed by atoms with Crippen molar-refractivity contribution in [2.45, 2.75) is 10.8 Å². The lowest BCUT2D eigenvalue weighted by molar-refractivity contribution is 0.463. The highest BCUT2D eigenvalue weighted by atomic mass is 79.9. The Morgan fingerprint density at radius 3 is 2.50 bits per heavy atom. The number of sulfonamides is 1. The van der Waals surface area contributed by atoms with Crippen molar-refractivity contribution < 1.29 is 17.2 Å². The van der Waals surface area contributed by atoms with Gasteiger partial charge < -0.3 is 0 Å². The second-order valence-electron chi connectivity index (χ2n) is 4.07. The molecule has 0 amide bonds. The topological polar surface area (TPSA) is 37.4 Å². The van der Waals surface area contributed by atoms with E-state index in [1.54, 1.807) is 11.4 Å². The van der Waals surface area contributed by atoms with Gasteiger partial charge in [0.2, 0.25) is 0 Å². The van der Waals surface area contributed by atoms with Crippen molar-refractivity contribution in [3.8, 4) is 0 Å². The molecule has 2 aromatic rings. The molecule has 0 saturated heterocycles. The van der Waals surface area contributed by atoms with Crippen molar-refractivity contribution in [2.75, 3.05) is 7.05 Å². The average molecular weight is 382 g/mol. The third kappa shape index (κ3) is 3.08. The van der Waals surface area contributed by atoms with E-state index in [2.05, 4.69) is 15.9 Å². The van der Waals surface area contributed by atoms with Gasteiger partial charge in [-0.25, -0.2) is 17.2 Å². The monoisotopic (exact) mass is 381 g/mol. The number of hydrogen-bond donors (Lipinski definition) is 0. The first-order chi connectivity index (χ1) is 9.32. The molecule has 0 aliphatic heterocycles. The minimum Gasteiger partial charge on any atom is -0.206 e. The van der Waals surface area contributed by atoms with Crippen LogP contribution in [0.5, 0.6) is 0 Å². The van der Waals surface area contributed by atoms with Crippen LogP contribution < -0.4 is 0 Å². The molecule has 1 heterocycles. The molecule has 3 nitrogen and oxygen atoms in total. The van der Waals surface area contributed by atoms with E-state index in [9.17, 15) is 17.2 Å². The van der Waals surface area contributed by atoms with Crippen molar-refractivity contribution in [2.24, 2.45) is 0 Å². The van der Waals surface area contributed by atoms with Gasteiger partial charge in [0.15, 0.2) is 11.6 Å². The summed E-state index contributed by atoms with van der Waals surface area (Å²) < 4.78 is 52.3. The van der Waals surface area contributed by atoms with E-state index in [4.69, 9.17) is 0 Å². The van der Waals surface area contributed by atoms with E-state index >= 15 is 0 Å². The third-order valence-corrected chi connectivity index (χ3v) is 7.07. The Hall–Kier alpha value is -0.830. The van der Waals surface area contributed by atoms with E-state index in [0.29, 0.717) is 10.0 Å². The molecule has 108 valence electrons. The number of nitrogens with zero attached hydrogens (tertiary/aromatic N) is 1. The van der Waals surface area contributed by atoms with Gasteiger partial charge in [-0.1, -0.05) is 6.07 Å². The lowest BCUT2D eigenvalue weighted by Crippen LogP contribution is -2.26. The summed E-state index contributed by atoms with van der Waals surface area (Å²) in [6, 6.07) is 4.97. The van der Waals surface area contributed by atoms with Gasteiger partial charge in [0.1, 0.15) is 4.21 Å². The summed E-state index contributed by atoms with van der Waals surface area (Å²) in [4.78, 5) is 0. The number of halogens is 3. The molecule has 0 aliphatic carbocycles. The number of hydrogen-bond acceptors (Lipinski definition) is 3. The smallest absolute Gasteiger partial charge is 0.206 e. The zero-order valence-corrected chi connectivity index (χ0v) is 13.5. The van der Waals surface area contributed by atoms with Gasteiger partial charge in [0.05, 0.1) is 0 Å². The lowest BCUT2D eigenvalue weighted by Gasteiger charge is -2.16. The highest BCUT2D eigenvalue weighted by molar-refractivity contribution is 9.10. The third-order valence-electron chi connectivity index (χ3n) is 2.62. The Kier molecular flexibility index (Phi) is 4.58. The fraction of sp³-hybridized carbons (Fsp3) is 0.167. The molecule has 20 heavy (non-hydrogen) atoms. The van der Waals surface area contributed by atoms with Gasteiger partial charge in [-0.3, -0.25) is 0 Å². The Bertz CT molecular complexity index is 731. The molecule has 0 fully saturated rings. The van der Waals surface area contributed by atoms with Crippen LogP contribution in [0.4, 0.5) is 8.78 Å². The standard InChI is InChI=1S/C12H10BrF2NO2S2/c1-16(7-8-2-3-10(14)11(15)6-8)20(17,18)12-9(13)4-5-19-12/h2-6H,7H2,1H3. The van der Waals surface area contributed by atoms with Crippen molar-refractivity contribution in [3.05, 3.63) is 51.3 Å². The van der Waals surface area contributed by atoms with E-state index < -0.39 is 21.7 Å². The summed E-state index contributed by atoms with van der Waals surface area (Å²) in [5.41, 5.74) is 0.377. The van der Waals surface area contributed by atoms with Crippen LogP contribution in [0.25, 0.3) is 0 Å². The van der Waals surface area contributed by atoms with E-state index in [1.165, 1.54) is 13.1 Å². The van der Waals surface area contributed by atoms with E-state index in [-0.39, 0.29) is 10.8 Å². The Morgan fingerprint density at radius 1 is 1.25 bits per heavy atom. The molecule has 0 spiro atoms. The van der Waals surface area contributed by atoms with Gasteiger partial charge in [0, 0.05) is 18.1 Å². The van der Waals surface area contributed by atoms with E-state index in [0.717, 1.165) is 27.8 Å². The largest absolute Gasteiger partial charge is 0.253 e. The molecule has 0 bridgehead atoms. The van der Waals surface area contributed by atoms with Crippen LogP contribution in [-0.4, -0.2) is 19.8 Å². The Labute approximate surface area is 128 Å². The maximum absolute atomic E-state index is 13.1. The molecule has 8 heteroatoms. The fourth-order valence-electron chi connectivity index (χ4n) is 1.59. The Morgan fingerprint density at radius 2 is 1.95 bits per heavy atom. The van der Waals surface area contributed by atoms with Gasteiger partial charge in [-0.15, -0.1) is 11.3 Å². The molecule has 2 rings (SSSR count). The predicted octanol–water partition coefficient (Wildman–Crippen LogP) is 3.61. The zero-order chi connectivity index (χ0) is 14.9. The molecule has 0 unspecified atom stereocenters. The van der Waals surface area contributed by atoms with Gasteiger partial charge in [-0.05, 0) is 45.1 Å². The average Bonchev–Trinajstić information content (AvgIpc) is 2.80. The summed E-state index contributed by atoms with van der Waals surface area (Å²) in [6.45, 7) is -0.0378. The van der Waals surface area contributed by atoms with Crippen LogP contribution in [0, 0.1) is 11.6 Å². The first-order valence-electron chi connectivity index (χ1n) is 5.45. The van der Waals surface area contributed by atoms with Gasteiger partial charge in [0.25, 0.3) is 10.0 Å². The second kappa shape index (κ2) is 5.88. The lowest BCUT2D eigenvalue weighted by atomic mass is 10.2. The summed E-state index contributed by atoms with van der Waals surface area (Å²) in [5.74, 6) is -1.95. The molecular formula is C12H10BrF2NO2S2. The summed E-state index contributed by atoms with van der Waals surface area (Å²) in [5, 5.41) is 1.66. The minimum atomic E-state index is -3.66. The fourth-order valence-corrected chi connectivity index (χ4v) is 5.25. The number of benzene rings is 1. The molecule has 0 radical (unpaired) electrons. The normalized spacial score (nSPS) is 12.1. The molecule has 0 atom stereocenters. The van der Waals surface area contributed by atoms with Crippen LogP contribution >= 0.6 is 27.3 Å². The molecule has 0 saturated carbocycles. The van der Waals surface area contributed by atoms with Crippen molar-refractivity contribution in [1.82, 2.24) is 4.31 Å². The maximum Gasteiger partial charge on any atom is 0.253 e. The van der Waals surface area contributed by atoms with Crippen molar-refractivity contribution >= 4 is 37.3 Å². The van der Waals surface area contributed by atoms with Crippen molar-refractivity contribution in [1.29, 1.82) is 0 Å². The Balaban J connectivity index is 2.25. The molecule has 1 aromatic heterocycles. The van der Waals surface area contributed by atoms with Crippen LogP contribution in [-0.2, 0) is 16.6 Å². The highest BCUT2D eigenvalue weighted by Gasteiger charge is 2.25. The summed E-state index contributed by atoms with van der Waals surface area (Å²) in [7, 11) is -2.27. The quantitative estimate of drug-likeness (QED) is 0.810. The predicted molar refractivity (Wildman–Crippen MR) is 77.0 cm³/mol. The van der Waals surface area contributed by atoms with Crippen LogP contribution in [0.1, 0.15) is 5.56 Å². The van der Waals surface area contributed by atoms with Gasteiger partial charge in [-0.2, -0.15) is 4.31 Å². The minimum absolute atomic E-state index is 0.0378. The van der Waals surface area contributed by atoms with Crippen LogP contribution in [0.15, 0.2) is 38.3 Å².